The Hall–Kier alpha value is -1.05. The SMILES string of the molecule is CCC(C)(C)c1ccc(C(Cl)c2cc(Cl)ccc2F)cc1. The molecule has 1 unspecified atom stereocenters. The molecule has 0 N–H and O–H groups in total. The van der Waals surface area contributed by atoms with Gasteiger partial charge >= 0.3 is 0 Å². The Morgan fingerprint density at radius 2 is 1.71 bits per heavy atom. The summed E-state index contributed by atoms with van der Waals surface area (Å²) in [7, 11) is 0. The quantitative estimate of drug-likeness (QED) is 0.563. The van der Waals surface area contributed by atoms with Crippen molar-refractivity contribution in [2.45, 2.75) is 38.0 Å². The van der Waals surface area contributed by atoms with E-state index >= 15 is 0 Å². The van der Waals surface area contributed by atoms with Crippen LogP contribution in [0.3, 0.4) is 0 Å². The molecule has 0 fully saturated rings. The zero-order chi connectivity index (χ0) is 15.6. The Kier molecular flexibility index (Phi) is 4.95. The van der Waals surface area contributed by atoms with Gasteiger partial charge in [-0.3, -0.25) is 0 Å². The standard InChI is InChI=1S/C18H19Cl2F/c1-4-18(2,3)13-7-5-12(6-8-13)17(20)15-11-14(19)9-10-16(15)21/h5-11,17H,4H2,1-3H3. The van der Waals surface area contributed by atoms with E-state index < -0.39 is 5.38 Å². The molecule has 112 valence electrons. The number of halogens is 3. The van der Waals surface area contributed by atoms with Crippen molar-refractivity contribution in [1.29, 1.82) is 0 Å². The van der Waals surface area contributed by atoms with Crippen LogP contribution in [-0.2, 0) is 5.41 Å². The van der Waals surface area contributed by atoms with E-state index in [0.717, 1.165) is 12.0 Å². The predicted molar refractivity (Wildman–Crippen MR) is 88.9 cm³/mol. The highest BCUT2D eigenvalue weighted by Crippen LogP contribution is 2.34. The lowest BCUT2D eigenvalue weighted by atomic mass is 9.82. The van der Waals surface area contributed by atoms with E-state index in [4.69, 9.17) is 23.2 Å². The Labute approximate surface area is 135 Å². The van der Waals surface area contributed by atoms with Crippen molar-refractivity contribution < 1.29 is 4.39 Å². The van der Waals surface area contributed by atoms with E-state index in [-0.39, 0.29) is 11.2 Å². The van der Waals surface area contributed by atoms with E-state index in [0.29, 0.717) is 10.6 Å². The van der Waals surface area contributed by atoms with Gasteiger partial charge in [-0.05, 0) is 41.2 Å². The average Bonchev–Trinajstić information content (AvgIpc) is 2.49. The first-order valence-corrected chi connectivity index (χ1v) is 7.86. The summed E-state index contributed by atoms with van der Waals surface area (Å²) >= 11 is 12.3. The Morgan fingerprint density at radius 3 is 2.29 bits per heavy atom. The molecule has 2 aromatic rings. The van der Waals surface area contributed by atoms with Gasteiger partial charge in [0, 0.05) is 10.6 Å². The van der Waals surface area contributed by atoms with Crippen molar-refractivity contribution in [3.63, 3.8) is 0 Å². The van der Waals surface area contributed by atoms with Crippen molar-refractivity contribution in [3.05, 3.63) is 70.0 Å². The number of hydrogen-bond acceptors (Lipinski definition) is 0. The first-order chi connectivity index (χ1) is 9.85. The van der Waals surface area contributed by atoms with Crippen LogP contribution in [0.5, 0.6) is 0 Å². The van der Waals surface area contributed by atoms with Crippen molar-refractivity contribution in [2.24, 2.45) is 0 Å². The molecule has 0 radical (unpaired) electrons. The van der Waals surface area contributed by atoms with Gasteiger partial charge in [-0.25, -0.2) is 4.39 Å². The normalized spacial score (nSPS) is 13.2. The van der Waals surface area contributed by atoms with E-state index in [2.05, 4.69) is 32.9 Å². The Morgan fingerprint density at radius 1 is 1.10 bits per heavy atom. The largest absolute Gasteiger partial charge is 0.207 e. The van der Waals surface area contributed by atoms with Crippen LogP contribution in [0.25, 0.3) is 0 Å². The molecule has 21 heavy (non-hydrogen) atoms. The molecule has 0 saturated carbocycles. The summed E-state index contributed by atoms with van der Waals surface area (Å²) < 4.78 is 13.9. The lowest BCUT2D eigenvalue weighted by Gasteiger charge is -2.24. The van der Waals surface area contributed by atoms with Crippen molar-refractivity contribution in [1.82, 2.24) is 0 Å². The van der Waals surface area contributed by atoms with Crippen LogP contribution in [0.15, 0.2) is 42.5 Å². The van der Waals surface area contributed by atoms with Crippen molar-refractivity contribution >= 4 is 23.2 Å². The van der Waals surface area contributed by atoms with Gasteiger partial charge in [0.15, 0.2) is 0 Å². The van der Waals surface area contributed by atoms with Crippen LogP contribution in [0.2, 0.25) is 5.02 Å². The number of benzene rings is 2. The number of hydrogen-bond donors (Lipinski definition) is 0. The molecule has 0 spiro atoms. The summed E-state index contributed by atoms with van der Waals surface area (Å²) in [5, 5.41) is -0.0525. The highest BCUT2D eigenvalue weighted by atomic mass is 35.5. The zero-order valence-corrected chi connectivity index (χ0v) is 14.0. The molecule has 0 bridgehead atoms. The summed E-state index contributed by atoms with van der Waals surface area (Å²) in [5.74, 6) is -0.336. The molecule has 2 rings (SSSR count). The van der Waals surface area contributed by atoms with Crippen LogP contribution in [0, 0.1) is 5.82 Å². The molecule has 0 nitrogen and oxygen atoms in total. The summed E-state index contributed by atoms with van der Waals surface area (Å²) in [4.78, 5) is 0. The first kappa shape index (κ1) is 16.3. The molecule has 2 aromatic carbocycles. The number of rotatable bonds is 4. The second kappa shape index (κ2) is 6.37. The molecular formula is C18H19Cl2F. The Bertz CT molecular complexity index is 618. The third kappa shape index (κ3) is 3.59. The summed E-state index contributed by atoms with van der Waals surface area (Å²) in [5.41, 5.74) is 2.66. The van der Waals surface area contributed by atoms with Crippen LogP contribution in [0.4, 0.5) is 4.39 Å². The van der Waals surface area contributed by atoms with Crippen LogP contribution >= 0.6 is 23.2 Å². The summed E-state index contributed by atoms with van der Waals surface area (Å²) in [6, 6.07) is 12.5. The minimum Gasteiger partial charge on any atom is -0.207 e. The molecule has 0 saturated heterocycles. The van der Waals surface area contributed by atoms with E-state index in [1.807, 2.05) is 12.1 Å². The van der Waals surface area contributed by atoms with E-state index in [1.54, 1.807) is 6.07 Å². The molecule has 0 aliphatic rings. The van der Waals surface area contributed by atoms with E-state index in [1.165, 1.54) is 17.7 Å². The molecule has 0 amide bonds. The average molecular weight is 325 g/mol. The fourth-order valence-corrected chi connectivity index (χ4v) is 2.69. The first-order valence-electron chi connectivity index (χ1n) is 7.04. The molecule has 0 heterocycles. The fourth-order valence-electron chi connectivity index (χ4n) is 2.20. The molecular weight excluding hydrogens is 306 g/mol. The molecule has 0 aliphatic carbocycles. The molecule has 1 atom stereocenters. The second-order valence-corrected chi connectivity index (χ2v) is 6.76. The highest BCUT2D eigenvalue weighted by molar-refractivity contribution is 6.30. The fraction of sp³-hybridized carbons (Fsp3) is 0.333. The van der Waals surface area contributed by atoms with Gasteiger partial charge in [0.2, 0.25) is 0 Å². The summed E-state index contributed by atoms with van der Waals surface area (Å²) in [6.07, 6.45) is 1.06. The van der Waals surface area contributed by atoms with Gasteiger partial charge in [-0.2, -0.15) is 0 Å². The maximum absolute atomic E-state index is 13.9. The molecule has 0 aromatic heterocycles. The van der Waals surface area contributed by atoms with Gasteiger partial charge in [0.05, 0.1) is 5.38 Å². The maximum Gasteiger partial charge on any atom is 0.128 e. The monoisotopic (exact) mass is 324 g/mol. The molecule has 0 aliphatic heterocycles. The third-order valence-electron chi connectivity index (χ3n) is 4.10. The van der Waals surface area contributed by atoms with Crippen LogP contribution in [0.1, 0.15) is 49.3 Å². The summed E-state index contributed by atoms with van der Waals surface area (Å²) in [6.45, 7) is 6.58. The number of alkyl halides is 1. The van der Waals surface area contributed by atoms with Crippen molar-refractivity contribution in [2.75, 3.05) is 0 Å². The van der Waals surface area contributed by atoms with E-state index in [9.17, 15) is 4.39 Å². The van der Waals surface area contributed by atoms with Gasteiger partial charge < -0.3 is 0 Å². The smallest absolute Gasteiger partial charge is 0.128 e. The minimum atomic E-state index is -0.539. The van der Waals surface area contributed by atoms with Crippen LogP contribution < -0.4 is 0 Å². The topological polar surface area (TPSA) is 0 Å². The third-order valence-corrected chi connectivity index (χ3v) is 4.82. The lowest BCUT2D eigenvalue weighted by Crippen LogP contribution is -2.15. The van der Waals surface area contributed by atoms with Gasteiger partial charge in [-0.1, -0.05) is 56.6 Å². The van der Waals surface area contributed by atoms with Gasteiger partial charge in [0.25, 0.3) is 0 Å². The second-order valence-electron chi connectivity index (χ2n) is 5.89. The van der Waals surface area contributed by atoms with Gasteiger partial charge in [0.1, 0.15) is 5.82 Å². The predicted octanol–water partition coefficient (Wildman–Crippen LogP) is 6.49. The van der Waals surface area contributed by atoms with Gasteiger partial charge in [-0.15, -0.1) is 11.6 Å². The molecule has 3 heteroatoms. The Balaban J connectivity index is 2.32. The van der Waals surface area contributed by atoms with Crippen LogP contribution in [-0.4, -0.2) is 0 Å². The van der Waals surface area contributed by atoms with Crippen molar-refractivity contribution in [3.8, 4) is 0 Å². The maximum atomic E-state index is 13.9. The minimum absolute atomic E-state index is 0.127. The zero-order valence-electron chi connectivity index (χ0n) is 12.5. The lowest BCUT2D eigenvalue weighted by molar-refractivity contribution is 0.506. The highest BCUT2D eigenvalue weighted by Gasteiger charge is 2.20.